The zero-order valence-corrected chi connectivity index (χ0v) is 18.7. The van der Waals surface area contributed by atoms with Gasteiger partial charge in [-0.2, -0.15) is 0 Å². The summed E-state index contributed by atoms with van der Waals surface area (Å²) in [6, 6.07) is 13.0. The summed E-state index contributed by atoms with van der Waals surface area (Å²) in [4.78, 5) is 32.7. The molecule has 0 fully saturated rings. The molecule has 1 amide bonds. The zero-order chi connectivity index (χ0) is 24.1. The van der Waals surface area contributed by atoms with Crippen molar-refractivity contribution in [3.63, 3.8) is 0 Å². The third-order valence-electron chi connectivity index (χ3n) is 4.37. The van der Waals surface area contributed by atoms with E-state index < -0.39 is 28.5 Å². The van der Waals surface area contributed by atoms with Crippen molar-refractivity contribution in [1.82, 2.24) is 20.2 Å². The zero-order valence-electron chi connectivity index (χ0n) is 17.2. The molecule has 0 unspecified atom stereocenters. The third-order valence-corrected chi connectivity index (χ3v) is 5.94. The van der Waals surface area contributed by atoms with E-state index in [0.29, 0.717) is 16.7 Å². The van der Waals surface area contributed by atoms with Gasteiger partial charge in [0.05, 0.1) is 16.0 Å². The van der Waals surface area contributed by atoms with Crippen LogP contribution in [0.15, 0.2) is 71.9 Å². The summed E-state index contributed by atoms with van der Waals surface area (Å²) in [5.74, 6) is -1.33. The SMILES string of the molecule is O=C(COC(=O)c1cccc2nccnc12)Nc1ccc(S(=O)(=O)Nc2ccc(Cl)nn2)cc1. The van der Waals surface area contributed by atoms with Crippen LogP contribution in [0, 0.1) is 0 Å². The highest BCUT2D eigenvalue weighted by molar-refractivity contribution is 7.92. The van der Waals surface area contributed by atoms with Gasteiger partial charge in [0.1, 0.15) is 5.52 Å². The molecule has 2 aromatic carbocycles. The first kappa shape index (κ1) is 23.0. The number of carbonyl (C=O) groups is 2. The first-order chi connectivity index (χ1) is 16.3. The number of hydrogen-bond acceptors (Lipinski definition) is 9. The molecule has 4 aromatic rings. The normalized spacial score (nSPS) is 11.1. The summed E-state index contributed by atoms with van der Waals surface area (Å²) in [6.07, 6.45) is 2.96. The lowest BCUT2D eigenvalue weighted by Crippen LogP contribution is -2.21. The van der Waals surface area contributed by atoms with Gasteiger partial charge in [0, 0.05) is 18.1 Å². The molecule has 34 heavy (non-hydrogen) atoms. The first-order valence-corrected chi connectivity index (χ1v) is 11.5. The lowest BCUT2D eigenvalue weighted by Gasteiger charge is -2.09. The summed E-state index contributed by atoms with van der Waals surface area (Å²) in [7, 11) is -3.93. The molecule has 0 radical (unpaired) electrons. The maximum atomic E-state index is 12.5. The Kier molecular flexibility index (Phi) is 6.61. The van der Waals surface area contributed by atoms with E-state index in [1.807, 2.05) is 0 Å². The van der Waals surface area contributed by atoms with Crippen LogP contribution in [0.25, 0.3) is 11.0 Å². The van der Waals surface area contributed by atoms with E-state index in [2.05, 4.69) is 30.2 Å². The summed E-state index contributed by atoms with van der Waals surface area (Å²) in [5.41, 5.74) is 1.38. The van der Waals surface area contributed by atoms with Crippen molar-refractivity contribution in [1.29, 1.82) is 0 Å². The molecule has 13 heteroatoms. The molecule has 2 N–H and O–H groups in total. The number of nitrogens with zero attached hydrogens (tertiary/aromatic N) is 4. The number of ether oxygens (including phenoxy) is 1. The number of anilines is 2. The number of hydrogen-bond donors (Lipinski definition) is 2. The third kappa shape index (κ3) is 5.42. The average Bonchev–Trinajstić information content (AvgIpc) is 2.84. The Balaban J connectivity index is 1.35. The summed E-state index contributed by atoms with van der Waals surface area (Å²) >= 11 is 5.63. The number of amides is 1. The minimum atomic E-state index is -3.93. The molecule has 0 bridgehead atoms. The van der Waals surface area contributed by atoms with Crippen LogP contribution in [-0.2, 0) is 19.6 Å². The Morgan fingerprint density at radius 2 is 1.71 bits per heavy atom. The minimum absolute atomic E-state index is 0.000714. The Morgan fingerprint density at radius 3 is 2.44 bits per heavy atom. The largest absolute Gasteiger partial charge is 0.452 e. The van der Waals surface area contributed by atoms with Gasteiger partial charge in [0.15, 0.2) is 17.6 Å². The second-order valence-corrected chi connectivity index (χ2v) is 8.79. The molecule has 0 saturated carbocycles. The number of fused-ring (bicyclic) bond motifs is 1. The highest BCUT2D eigenvalue weighted by atomic mass is 35.5. The van der Waals surface area contributed by atoms with E-state index >= 15 is 0 Å². The molecule has 0 aliphatic rings. The van der Waals surface area contributed by atoms with Crippen LogP contribution < -0.4 is 10.0 Å². The minimum Gasteiger partial charge on any atom is -0.452 e. The van der Waals surface area contributed by atoms with Crippen molar-refractivity contribution in [2.75, 3.05) is 16.6 Å². The molecular formula is C21H15ClN6O5S. The van der Waals surface area contributed by atoms with Crippen LogP contribution in [0.3, 0.4) is 0 Å². The Morgan fingerprint density at radius 1 is 0.941 bits per heavy atom. The van der Waals surface area contributed by atoms with Gasteiger partial charge in [-0.15, -0.1) is 10.2 Å². The van der Waals surface area contributed by atoms with Crippen molar-refractivity contribution in [2.45, 2.75) is 4.90 Å². The molecule has 2 aromatic heterocycles. The molecule has 2 heterocycles. The molecule has 0 atom stereocenters. The van der Waals surface area contributed by atoms with Crippen molar-refractivity contribution in [2.24, 2.45) is 0 Å². The van der Waals surface area contributed by atoms with Crippen molar-refractivity contribution in [3.8, 4) is 0 Å². The molecule has 0 aliphatic heterocycles. The molecular weight excluding hydrogens is 484 g/mol. The fourth-order valence-electron chi connectivity index (χ4n) is 2.85. The van der Waals surface area contributed by atoms with Gasteiger partial charge in [-0.05, 0) is 48.5 Å². The fourth-order valence-corrected chi connectivity index (χ4v) is 3.94. The van der Waals surface area contributed by atoms with E-state index in [1.54, 1.807) is 12.1 Å². The van der Waals surface area contributed by atoms with Gasteiger partial charge in [-0.3, -0.25) is 19.5 Å². The first-order valence-electron chi connectivity index (χ1n) is 9.61. The smallest absolute Gasteiger partial charge is 0.340 e. The van der Waals surface area contributed by atoms with Gasteiger partial charge in [-0.25, -0.2) is 13.2 Å². The van der Waals surface area contributed by atoms with E-state index in [-0.39, 0.29) is 21.4 Å². The van der Waals surface area contributed by atoms with Crippen molar-refractivity contribution in [3.05, 3.63) is 77.7 Å². The van der Waals surface area contributed by atoms with Gasteiger partial charge < -0.3 is 10.1 Å². The second-order valence-electron chi connectivity index (χ2n) is 6.73. The Hall–Kier alpha value is -4.16. The number of esters is 1. The number of halogens is 1. The standard InChI is InChI=1S/C21H15ClN6O5S/c22-17-8-9-18(27-26-17)28-34(31,32)14-6-4-13(5-7-14)25-19(29)12-33-21(30)15-2-1-3-16-20(15)24-11-10-23-16/h1-11H,12H2,(H,25,29)(H,27,28). The van der Waals surface area contributed by atoms with E-state index in [4.69, 9.17) is 16.3 Å². The van der Waals surface area contributed by atoms with Crippen LogP contribution in [0.4, 0.5) is 11.5 Å². The summed E-state index contributed by atoms with van der Waals surface area (Å²) in [5, 5.41) is 9.86. The van der Waals surface area contributed by atoms with E-state index in [1.165, 1.54) is 54.9 Å². The molecule has 11 nitrogen and oxygen atoms in total. The monoisotopic (exact) mass is 498 g/mol. The fraction of sp³-hybridized carbons (Fsp3) is 0.0476. The van der Waals surface area contributed by atoms with Crippen LogP contribution in [0.5, 0.6) is 0 Å². The van der Waals surface area contributed by atoms with Gasteiger partial charge in [0.25, 0.3) is 15.9 Å². The highest BCUT2D eigenvalue weighted by Crippen LogP contribution is 2.18. The summed E-state index contributed by atoms with van der Waals surface area (Å²) < 4.78 is 32.3. The van der Waals surface area contributed by atoms with Crippen LogP contribution >= 0.6 is 11.6 Å². The highest BCUT2D eigenvalue weighted by Gasteiger charge is 2.17. The molecule has 0 saturated heterocycles. The maximum Gasteiger partial charge on any atom is 0.340 e. The Labute approximate surface area is 198 Å². The predicted octanol–water partition coefficient (Wildman–Crippen LogP) is 2.67. The lowest BCUT2D eigenvalue weighted by molar-refractivity contribution is -0.119. The van der Waals surface area contributed by atoms with E-state index in [9.17, 15) is 18.0 Å². The van der Waals surface area contributed by atoms with E-state index in [0.717, 1.165) is 0 Å². The molecule has 172 valence electrons. The van der Waals surface area contributed by atoms with Gasteiger partial charge in [0.2, 0.25) is 0 Å². The topological polar surface area (TPSA) is 153 Å². The number of para-hydroxylation sites is 1. The average molecular weight is 499 g/mol. The van der Waals surface area contributed by atoms with Crippen LogP contribution in [0.1, 0.15) is 10.4 Å². The van der Waals surface area contributed by atoms with Crippen LogP contribution in [-0.4, -0.2) is 47.1 Å². The number of aromatic nitrogens is 4. The molecule has 4 rings (SSSR count). The Bertz CT molecular complexity index is 1460. The van der Waals surface area contributed by atoms with Gasteiger partial charge in [-0.1, -0.05) is 17.7 Å². The number of rotatable bonds is 7. The van der Waals surface area contributed by atoms with Gasteiger partial charge >= 0.3 is 5.97 Å². The lowest BCUT2D eigenvalue weighted by atomic mass is 10.2. The van der Waals surface area contributed by atoms with Crippen LogP contribution in [0.2, 0.25) is 5.15 Å². The molecule has 0 spiro atoms. The summed E-state index contributed by atoms with van der Waals surface area (Å²) in [6.45, 7) is -0.549. The number of benzene rings is 2. The number of sulfonamides is 1. The van der Waals surface area contributed by atoms with Crippen molar-refractivity contribution >= 4 is 56.0 Å². The molecule has 0 aliphatic carbocycles. The predicted molar refractivity (Wildman–Crippen MR) is 123 cm³/mol. The van der Waals surface area contributed by atoms with Crippen molar-refractivity contribution < 1.29 is 22.7 Å². The second kappa shape index (κ2) is 9.77. The quantitative estimate of drug-likeness (QED) is 0.366. The number of carbonyl (C=O) groups excluding carboxylic acids is 2. The number of nitrogens with one attached hydrogen (secondary N) is 2. The maximum absolute atomic E-state index is 12.5.